The van der Waals surface area contributed by atoms with E-state index in [0.717, 1.165) is 18.3 Å². The second-order valence-electron chi connectivity index (χ2n) is 2.68. The second kappa shape index (κ2) is 6.35. The minimum absolute atomic E-state index is 0. The van der Waals surface area contributed by atoms with Crippen molar-refractivity contribution in [3.05, 3.63) is 30.1 Å². The van der Waals surface area contributed by atoms with Gasteiger partial charge in [-0.05, 0) is 18.1 Å². The van der Waals surface area contributed by atoms with E-state index in [-0.39, 0.29) is 36.9 Å². The molecule has 0 saturated heterocycles. The third kappa shape index (κ3) is 4.00. The first-order valence-corrected chi connectivity index (χ1v) is 3.67. The molecule has 0 saturated carbocycles. The summed E-state index contributed by atoms with van der Waals surface area (Å²) in [7, 11) is 0. The zero-order valence-corrected chi connectivity index (χ0v) is 9.53. The first kappa shape index (κ1) is 11.8. The van der Waals surface area contributed by atoms with Crippen LogP contribution in [0.25, 0.3) is 0 Å². The average Bonchev–Trinajstić information content (AvgIpc) is 2.06. The van der Waals surface area contributed by atoms with Crippen LogP contribution in [0.15, 0.2) is 24.5 Å². The molecule has 1 unspecified atom stereocenters. The standard InChI is InChI=1S/C9H11NO.Na.H/c1-8(7-11)5-9-3-2-4-10-6-9;;/h2-4,6-8H,5H2,1H3;;/q;+1;-1. The minimum Gasteiger partial charge on any atom is -1.00 e. The van der Waals surface area contributed by atoms with Crippen LogP contribution in [0.1, 0.15) is 13.9 Å². The van der Waals surface area contributed by atoms with Crippen molar-refractivity contribution in [1.29, 1.82) is 0 Å². The molecule has 0 aliphatic heterocycles. The molecule has 0 fully saturated rings. The summed E-state index contributed by atoms with van der Waals surface area (Å²) >= 11 is 0. The van der Waals surface area contributed by atoms with Gasteiger partial charge >= 0.3 is 29.6 Å². The summed E-state index contributed by atoms with van der Waals surface area (Å²) in [6.07, 6.45) is 5.28. The molecule has 2 nitrogen and oxygen atoms in total. The van der Waals surface area contributed by atoms with E-state index in [0.29, 0.717) is 0 Å². The van der Waals surface area contributed by atoms with Crippen LogP contribution < -0.4 is 29.6 Å². The fourth-order valence-corrected chi connectivity index (χ4v) is 0.939. The normalized spacial score (nSPS) is 11.4. The average molecular weight is 173 g/mol. The molecule has 12 heavy (non-hydrogen) atoms. The van der Waals surface area contributed by atoms with Crippen molar-refractivity contribution < 1.29 is 35.8 Å². The van der Waals surface area contributed by atoms with Gasteiger partial charge < -0.3 is 6.22 Å². The minimum atomic E-state index is 0. The maximum Gasteiger partial charge on any atom is 1.00 e. The molecular weight excluding hydrogens is 161 g/mol. The molecule has 1 aromatic heterocycles. The number of carbonyl (C=O) groups is 1. The van der Waals surface area contributed by atoms with Gasteiger partial charge in [0.2, 0.25) is 0 Å². The van der Waals surface area contributed by atoms with Crippen molar-refractivity contribution in [2.45, 2.75) is 13.3 Å². The summed E-state index contributed by atoms with van der Waals surface area (Å²) in [5.41, 5.74) is 1.12. The Hall–Kier alpha value is -0.180. The van der Waals surface area contributed by atoms with Gasteiger partial charge in [0, 0.05) is 18.3 Å². The summed E-state index contributed by atoms with van der Waals surface area (Å²) in [6.45, 7) is 1.90. The molecule has 0 amide bonds. The van der Waals surface area contributed by atoms with Gasteiger partial charge in [-0.15, -0.1) is 0 Å². The molecular formula is C9H12NNaO. The van der Waals surface area contributed by atoms with Crippen molar-refractivity contribution in [1.82, 2.24) is 4.98 Å². The summed E-state index contributed by atoms with van der Waals surface area (Å²) in [5, 5.41) is 0. The number of aromatic nitrogens is 1. The van der Waals surface area contributed by atoms with Gasteiger partial charge in [-0.3, -0.25) is 4.98 Å². The molecule has 1 rings (SSSR count). The predicted octanol–water partition coefficient (Wildman–Crippen LogP) is -1.42. The van der Waals surface area contributed by atoms with E-state index < -0.39 is 0 Å². The summed E-state index contributed by atoms with van der Waals surface area (Å²) < 4.78 is 0. The third-order valence-electron chi connectivity index (χ3n) is 1.51. The summed E-state index contributed by atoms with van der Waals surface area (Å²) in [4.78, 5) is 14.2. The van der Waals surface area contributed by atoms with Gasteiger partial charge in [0.25, 0.3) is 0 Å². The number of carbonyl (C=O) groups excluding carboxylic acids is 1. The van der Waals surface area contributed by atoms with Gasteiger partial charge in [-0.25, -0.2) is 0 Å². The summed E-state index contributed by atoms with van der Waals surface area (Å²) in [5.74, 6) is 0.0965. The maximum absolute atomic E-state index is 10.3. The molecule has 1 heterocycles. The predicted molar refractivity (Wildman–Crippen MR) is 44.3 cm³/mol. The monoisotopic (exact) mass is 173 g/mol. The van der Waals surface area contributed by atoms with Gasteiger partial charge in [0.15, 0.2) is 0 Å². The molecule has 3 heteroatoms. The van der Waals surface area contributed by atoms with Crippen molar-refractivity contribution in [2.24, 2.45) is 5.92 Å². The molecule has 0 aromatic carbocycles. The fourth-order valence-electron chi connectivity index (χ4n) is 0.939. The topological polar surface area (TPSA) is 30.0 Å². The molecule has 1 aromatic rings. The van der Waals surface area contributed by atoms with Crippen LogP contribution in [0.2, 0.25) is 0 Å². The molecule has 0 radical (unpaired) electrons. The molecule has 0 N–H and O–H groups in total. The van der Waals surface area contributed by atoms with Crippen molar-refractivity contribution >= 4 is 6.29 Å². The van der Waals surface area contributed by atoms with Crippen LogP contribution >= 0.6 is 0 Å². The van der Waals surface area contributed by atoms with Gasteiger partial charge in [0.05, 0.1) is 0 Å². The molecule has 1 atom stereocenters. The first-order valence-electron chi connectivity index (χ1n) is 3.67. The maximum atomic E-state index is 10.3. The Labute approximate surface area is 96.2 Å². The van der Waals surface area contributed by atoms with Crippen LogP contribution in [-0.4, -0.2) is 11.3 Å². The van der Waals surface area contributed by atoms with Crippen LogP contribution in [0.3, 0.4) is 0 Å². The van der Waals surface area contributed by atoms with E-state index >= 15 is 0 Å². The summed E-state index contributed by atoms with van der Waals surface area (Å²) in [6, 6.07) is 3.86. The Bertz CT molecular complexity index is 230. The SMILES string of the molecule is CC(C=O)Cc1cccnc1.[H-].[Na+]. The van der Waals surface area contributed by atoms with Gasteiger partial charge in [-0.1, -0.05) is 13.0 Å². The zero-order chi connectivity index (χ0) is 8.10. The van der Waals surface area contributed by atoms with E-state index in [9.17, 15) is 4.79 Å². The second-order valence-corrected chi connectivity index (χ2v) is 2.68. The zero-order valence-electron chi connectivity index (χ0n) is 8.53. The molecule has 0 bridgehead atoms. The van der Waals surface area contributed by atoms with Crippen LogP contribution in [-0.2, 0) is 11.2 Å². The molecule has 0 spiro atoms. The van der Waals surface area contributed by atoms with E-state index in [2.05, 4.69) is 4.98 Å². The van der Waals surface area contributed by atoms with E-state index in [1.807, 2.05) is 19.1 Å². The fraction of sp³-hybridized carbons (Fsp3) is 0.333. The third-order valence-corrected chi connectivity index (χ3v) is 1.51. The molecule has 0 aliphatic carbocycles. The van der Waals surface area contributed by atoms with Crippen molar-refractivity contribution in [3.8, 4) is 0 Å². The first-order chi connectivity index (χ1) is 5.33. The Kier molecular flexibility index (Phi) is 6.25. The molecule has 0 aliphatic rings. The van der Waals surface area contributed by atoms with Gasteiger partial charge in [-0.2, -0.15) is 0 Å². The number of aldehydes is 1. The Morgan fingerprint density at radius 1 is 1.75 bits per heavy atom. The number of rotatable bonds is 3. The quantitative estimate of drug-likeness (QED) is 0.414. The van der Waals surface area contributed by atoms with Crippen LogP contribution in [0.5, 0.6) is 0 Å². The number of nitrogens with zero attached hydrogens (tertiary/aromatic N) is 1. The Morgan fingerprint density at radius 2 is 2.50 bits per heavy atom. The Morgan fingerprint density at radius 3 is 3.00 bits per heavy atom. The Balaban J connectivity index is 0. The molecule has 60 valence electrons. The van der Waals surface area contributed by atoms with Crippen LogP contribution in [0.4, 0.5) is 0 Å². The largest absolute Gasteiger partial charge is 1.00 e. The van der Waals surface area contributed by atoms with Crippen molar-refractivity contribution in [3.63, 3.8) is 0 Å². The van der Waals surface area contributed by atoms with E-state index in [1.54, 1.807) is 12.4 Å². The smallest absolute Gasteiger partial charge is 1.00 e. The number of hydrogen-bond acceptors (Lipinski definition) is 2. The van der Waals surface area contributed by atoms with Crippen LogP contribution in [0, 0.1) is 5.92 Å². The van der Waals surface area contributed by atoms with E-state index in [4.69, 9.17) is 0 Å². The van der Waals surface area contributed by atoms with E-state index in [1.165, 1.54) is 0 Å². The number of hydrogen-bond donors (Lipinski definition) is 0. The van der Waals surface area contributed by atoms with Gasteiger partial charge in [0.1, 0.15) is 6.29 Å². The van der Waals surface area contributed by atoms with Crippen molar-refractivity contribution in [2.75, 3.05) is 0 Å². The number of pyridine rings is 1.